The first-order valence-electron chi connectivity index (χ1n) is 7.78. The fourth-order valence-electron chi connectivity index (χ4n) is 3.40. The Labute approximate surface area is 117 Å². The van der Waals surface area contributed by atoms with Crippen molar-refractivity contribution in [3.8, 4) is 0 Å². The summed E-state index contributed by atoms with van der Waals surface area (Å²) in [6.45, 7) is 2.29. The van der Waals surface area contributed by atoms with Gasteiger partial charge in [-0.1, -0.05) is 39.0 Å². The van der Waals surface area contributed by atoms with Crippen LogP contribution < -0.4 is 5.32 Å². The van der Waals surface area contributed by atoms with E-state index in [1.165, 1.54) is 44.9 Å². The van der Waals surface area contributed by atoms with Crippen molar-refractivity contribution in [2.75, 3.05) is 7.05 Å². The van der Waals surface area contributed by atoms with E-state index in [1.807, 2.05) is 13.2 Å². The Morgan fingerprint density at radius 2 is 2.05 bits per heavy atom. The van der Waals surface area contributed by atoms with E-state index in [-0.39, 0.29) is 0 Å². The smallest absolute Gasteiger partial charge is 0.0758 e. The first-order chi connectivity index (χ1) is 9.35. The van der Waals surface area contributed by atoms with Gasteiger partial charge in [-0.05, 0) is 31.7 Å². The minimum Gasteiger partial charge on any atom is -0.311 e. The van der Waals surface area contributed by atoms with Crippen LogP contribution in [-0.2, 0) is 0 Å². The summed E-state index contributed by atoms with van der Waals surface area (Å²) in [4.78, 5) is 8.67. The molecule has 0 radical (unpaired) electrons. The first kappa shape index (κ1) is 14.4. The zero-order chi connectivity index (χ0) is 13.5. The van der Waals surface area contributed by atoms with Crippen molar-refractivity contribution >= 4 is 0 Å². The highest BCUT2D eigenvalue weighted by atomic mass is 14.9. The average Bonchev–Trinajstić information content (AvgIpc) is 2.48. The molecule has 0 aromatic carbocycles. The standard InChI is InChI=1S/C16H27N3/c1-3-4-5-13-6-8-14(9-7-13)16(17-2)15-12-18-10-11-19-15/h10-14,16-17H,3-9H2,1-2H3. The predicted octanol–water partition coefficient (Wildman–Crippen LogP) is 3.73. The first-order valence-corrected chi connectivity index (χ1v) is 7.78. The number of rotatable bonds is 6. The molecule has 1 heterocycles. The quantitative estimate of drug-likeness (QED) is 0.848. The molecule has 1 aromatic rings. The molecule has 0 saturated heterocycles. The molecule has 0 bridgehead atoms. The minimum atomic E-state index is 0.376. The third-order valence-corrected chi connectivity index (χ3v) is 4.54. The molecule has 0 aliphatic heterocycles. The van der Waals surface area contributed by atoms with Gasteiger partial charge < -0.3 is 5.32 Å². The van der Waals surface area contributed by atoms with Crippen molar-refractivity contribution < 1.29 is 0 Å². The number of nitrogens with zero attached hydrogens (tertiary/aromatic N) is 2. The molecule has 1 saturated carbocycles. The second-order valence-electron chi connectivity index (χ2n) is 5.82. The van der Waals surface area contributed by atoms with Gasteiger partial charge in [0.25, 0.3) is 0 Å². The highest BCUT2D eigenvalue weighted by molar-refractivity contribution is 5.04. The SMILES string of the molecule is CCCCC1CCC(C(NC)c2cnccn2)CC1. The van der Waals surface area contributed by atoms with E-state index in [0.717, 1.165) is 17.5 Å². The van der Waals surface area contributed by atoms with E-state index in [0.29, 0.717) is 6.04 Å². The molecular weight excluding hydrogens is 234 g/mol. The van der Waals surface area contributed by atoms with Gasteiger partial charge in [-0.15, -0.1) is 0 Å². The maximum Gasteiger partial charge on any atom is 0.0758 e. The van der Waals surface area contributed by atoms with Crippen molar-refractivity contribution in [1.82, 2.24) is 15.3 Å². The van der Waals surface area contributed by atoms with E-state index in [2.05, 4.69) is 22.2 Å². The number of nitrogens with one attached hydrogen (secondary N) is 1. The fourth-order valence-corrected chi connectivity index (χ4v) is 3.40. The number of unbranched alkanes of at least 4 members (excludes halogenated alkanes) is 1. The molecule has 1 unspecified atom stereocenters. The van der Waals surface area contributed by atoms with Crippen LogP contribution in [0, 0.1) is 11.8 Å². The summed E-state index contributed by atoms with van der Waals surface area (Å²) in [5.74, 6) is 1.69. The molecule has 1 fully saturated rings. The van der Waals surface area contributed by atoms with Crippen LogP contribution in [0.1, 0.15) is 63.6 Å². The highest BCUT2D eigenvalue weighted by Gasteiger charge is 2.28. The number of hydrogen-bond acceptors (Lipinski definition) is 3. The molecule has 3 heteroatoms. The summed E-state index contributed by atoms with van der Waals surface area (Å²) in [7, 11) is 2.04. The zero-order valence-electron chi connectivity index (χ0n) is 12.3. The summed E-state index contributed by atoms with van der Waals surface area (Å²) in [6, 6.07) is 0.376. The van der Waals surface area contributed by atoms with Crippen LogP contribution in [-0.4, -0.2) is 17.0 Å². The van der Waals surface area contributed by atoms with E-state index in [9.17, 15) is 0 Å². The second kappa shape index (κ2) is 7.59. The maximum atomic E-state index is 4.47. The Hall–Kier alpha value is -0.960. The molecule has 1 aliphatic carbocycles. The fraction of sp³-hybridized carbons (Fsp3) is 0.750. The van der Waals surface area contributed by atoms with Crippen LogP contribution in [0.3, 0.4) is 0 Å². The normalized spacial score (nSPS) is 25.2. The molecular formula is C16H27N3. The summed E-state index contributed by atoms with van der Waals surface area (Å²) in [5.41, 5.74) is 1.10. The minimum absolute atomic E-state index is 0.376. The lowest BCUT2D eigenvalue weighted by atomic mass is 9.76. The van der Waals surface area contributed by atoms with E-state index in [4.69, 9.17) is 0 Å². The summed E-state index contributed by atoms with van der Waals surface area (Å²) in [6.07, 6.45) is 15.1. The Morgan fingerprint density at radius 3 is 2.63 bits per heavy atom. The van der Waals surface area contributed by atoms with Crippen molar-refractivity contribution in [3.05, 3.63) is 24.3 Å². The molecule has 106 valence electrons. The van der Waals surface area contributed by atoms with Gasteiger partial charge in [-0.25, -0.2) is 0 Å². The average molecular weight is 261 g/mol. The molecule has 1 N–H and O–H groups in total. The van der Waals surface area contributed by atoms with Crippen molar-refractivity contribution in [1.29, 1.82) is 0 Å². The lowest BCUT2D eigenvalue weighted by Crippen LogP contribution is -2.29. The molecule has 1 aromatic heterocycles. The highest BCUT2D eigenvalue weighted by Crippen LogP contribution is 2.37. The molecule has 1 atom stereocenters. The lowest BCUT2D eigenvalue weighted by molar-refractivity contribution is 0.215. The number of aromatic nitrogens is 2. The maximum absolute atomic E-state index is 4.47. The molecule has 0 amide bonds. The van der Waals surface area contributed by atoms with Gasteiger partial charge >= 0.3 is 0 Å². The van der Waals surface area contributed by atoms with Gasteiger partial charge in [0.15, 0.2) is 0 Å². The van der Waals surface area contributed by atoms with Crippen LogP contribution >= 0.6 is 0 Å². The zero-order valence-corrected chi connectivity index (χ0v) is 12.3. The van der Waals surface area contributed by atoms with E-state index in [1.54, 1.807) is 12.4 Å². The van der Waals surface area contributed by atoms with Crippen LogP contribution in [0.5, 0.6) is 0 Å². The van der Waals surface area contributed by atoms with Crippen molar-refractivity contribution in [2.24, 2.45) is 11.8 Å². The second-order valence-corrected chi connectivity index (χ2v) is 5.82. The monoisotopic (exact) mass is 261 g/mol. The Kier molecular flexibility index (Phi) is 5.77. The van der Waals surface area contributed by atoms with Crippen molar-refractivity contribution in [3.63, 3.8) is 0 Å². The van der Waals surface area contributed by atoms with E-state index >= 15 is 0 Å². The van der Waals surface area contributed by atoms with Crippen LogP contribution in [0.2, 0.25) is 0 Å². The van der Waals surface area contributed by atoms with Crippen LogP contribution in [0.25, 0.3) is 0 Å². The summed E-state index contributed by atoms with van der Waals surface area (Å²) < 4.78 is 0. The molecule has 1 aliphatic rings. The molecule has 3 nitrogen and oxygen atoms in total. The van der Waals surface area contributed by atoms with Gasteiger partial charge in [0.1, 0.15) is 0 Å². The summed E-state index contributed by atoms with van der Waals surface area (Å²) in [5, 5.41) is 3.44. The molecule has 0 spiro atoms. The number of hydrogen-bond donors (Lipinski definition) is 1. The van der Waals surface area contributed by atoms with Gasteiger partial charge in [0.05, 0.1) is 11.7 Å². The van der Waals surface area contributed by atoms with E-state index < -0.39 is 0 Å². The van der Waals surface area contributed by atoms with Crippen molar-refractivity contribution in [2.45, 2.75) is 57.9 Å². The summed E-state index contributed by atoms with van der Waals surface area (Å²) >= 11 is 0. The third-order valence-electron chi connectivity index (χ3n) is 4.54. The van der Waals surface area contributed by atoms with Crippen LogP contribution in [0.15, 0.2) is 18.6 Å². The Balaban J connectivity index is 1.89. The molecule has 2 rings (SSSR count). The van der Waals surface area contributed by atoms with Gasteiger partial charge in [0.2, 0.25) is 0 Å². The largest absolute Gasteiger partial charge is 0.311 e. The Bertz CT molecular complexity index is 344. The lowest BCUT2D eigenvalue weighted by Gasteiger charge is -2.33. The Morgan fingerprint density at radius 1 is 1.26 bits per heavy atom. The van der Waals surface area contributed by atoms with Gasteiger partial charge in [-0.2, -0.15) is 0 Å². The van der Waals surface area contributed by atoms with Crippen LogP contribution in [0.4, 0.5) is 0 Å². The predicted molar refractivity (Wildman–Crippen MR) is 78.8 cm³/mol. The molecule has 19 heavy (non-hydrogen) atoms. The topological polar surface area (TPSA) is 37.8 Å². The van der Waals surface area contributed by atoms with Gasteiger partial charge in [0, 0.05) is 18.6 Å². The third kappa shape index (κ3) is 4.00. The van der Waals surface area contributed by atoms with Gasteiger partial charge in [-0.3, -0.25) is 9.97 Å².